The van der Waals surface area contributed by atoms with Crippen LogP contribution in [0.5, 0.6) is 0 Å². The number of aryl methyl sites for hydroxylation is 2. The molecule has 2 aromatic heterocycles. The van der Waals surface area contributed by atoms with Gasteiger partial charge in [-0.2, -0.15) is 5.10 Å². The topological polar surface area (TPSA) is 98.2 Å². The van der Waals surface area contributed by atoms with Gasteiger partial charge >= 0.3 is 5.97 Å². The number of methoxy groups -OCH3 is 1. The number of esters is 1. The molecule has 0 fully saturated rings. The second-order valence-electron chi connectivity index (χ2n) is 6.64. The van der Waals surface area contributed by atoms with E-state index < -0.39 is 5.97 Å². The summed E-state index contributed by atoms with van der Waals surface area (Å²) >= 11 is 0. The maximum absolute atomic E-state index is 12.8. The van der Waals surface area contributed by atoms with Crippen LogP contribution in [0, 0.1) is 20.8 Å². The van der Waals surface area contributed by atoms with Crippen molar-refractivity contribution in [3.05, 3.63) is 64.7 Å². The van der Waals surface area contributed by atoms with Crippen molar-refractivity contribution in [1.29, 1.82) is 0 Å². The van der Waals surface area contributed by atoms with Crippen molar-refractivity contribution in [2.75, 3.05) is 25.6 Å². The highest BCUT2D eigenvalue weighted by Crippen LogP contribution is 2.21. The molecule has 152 valence electrons. The van der Waals surface area contributed by atoms with E-state index in [9.17, 15) is 9.59 Å². The average Bonchev–Trinajstić information content (AvgIpc) is 3.24. The first kappa shape index (κ1) is 20.3. The summed E-state index contributed by atoms with van der Waals surface area (Å²) < 4.78 is 11.9. The van der Waals surface area contributed by atoms with Gasteiger partial charge in [-0.15, -0.1) is 0 Å². The molecule has 2 heterocycles. The van der Waals surface area contributed by atoms with E-state index in [4.69, 9.17) is 9.47 Å². The van der Waals surface area contributed by atoms with Crippen LogP contribution in [0.25, 0.3) is 5.69 Å². The smallest absolute Gasteiger partial charge is 0.340 e. The molecule has 1 amide bonds. The summed E-state index contributed by atoms with van der Waals surface area (Å²) in [6.45, 7) is 5.87. The minimum absolute atomic E-state index is 0.153. The first-order chi connectivity index (χ1) is 13.9. The second-order valence-corrected chi connectivity index (χ2v) is 6.64. The van der Waals surface area contributed by atoms with Crippen LogP contribution < -0.4 is 5.32 Å². The monoisotopic (exact) mass is 396 g/mol. The predicted molar refractivity (Wildman–Crippen MR) is 109 cm³/mol. The highest BCUT2D eigenvalue weighted by Gasteiger charge is 2.23. The van der Waals surface area contributed by atoms with Gasteiger partial charge in [0.1, 0.15) is 12.3 Å². The van der Waals surface area contributed by atoms with Crippen molar-refractivity contribution in [2.45, 2.75) is 20.8 Å². The SMILES string of the molecule is COCCOC(=O)c1c(C)[nH]c(C(=O)Nc2cccc(-n3nccc3C)c2)c1C. The van der Waals surface area contributed by atoms with Gasteiger partial charge in [0.25, 0.3) is 5.91 Å². The Morgan fingerprint density at radius 2 is 1.97 bits per heavy atom. The molecule has 0 saturated carbocycles. The number of nitrogens with zero attached hydrogens (tertiary/aromatic N) is 2. The van der Waals surface area contributed by atoms with Gasteiger partial charge in [0.2, 0.25) is 0 Å². The van der Waals surface area contributed by atoms with Gasteiger partial charge in [-0.3, -0.25) is 4.79 Å². The van der Waals surface area contributed by atoms with E-state index in [2.05, 4.69) is 15.4 Å². The summed E-state index contributed by atoms with van der Waals surface area (Å²) in [6, 6.07) is 9.29. The first-order valence-electron chi connectivity index (χ1n) is 9.20. The number of nitrogens with one attached hydrogen (secondary N) is 2. The number of hydrogen-bond acceptors (Lipinski definition) is 5. The third-order valence-electron chi connectivity index (χ3n) is 4.57. The summed E-state index contributed by atoms with van der Waals surface area (Å²) in [5.41, 5.74) is 4.26. The molecule has 0 bridgehead atoms. The number of amides is 1. The lowest BCUT2D eigenvalue weighted by atomic mass is 10.1. The van der Waals surface area contributed by atoms with Gasteiger partial charge in [-0.05, 0) is 50.6 Å². The lowest BCUT2D eigenvalue weighted by Gasteiger charge is -2.09. The van der Waals surface area contributed by atoms with E-state index in [1.165, 1.54) is 7.11 Å². The molecule has 1 aromatic carbocycles. The van der Waals surface area contributed by atoms with Crippen molar-refractivity contribution in [1.82, 2.24) is 14.8 Å². The zero-order chi connectivity index (χ0) is 21.0. The summed E-state index contributed by atoms with van der Waals surface area (Å²) in [5, 5.41) is 7.15. The number of hydrogen-bond donors (Lipinski definition) is 2. The minimum atomic E-state index is -0.483. The Labute approximate surface area is 168 Å². The Hall–Kier alpha value is -3.39. The third-order valence-corrected chi connectivity index (χ3v) is 4.57. The summed E-state index contributed by atoms with van der Waals surface area (Å²) in [6.07, 6.45) is 1.72. The number of carbonyl (C=O) groups excluding carboxylic acids is 2. The second kappa shape index (κ2) is 8.74. The fraction of sp³-hybridized carbons (Fsp3) is 0.286. The number of carbonyl (C=O) groups is 2. The van der Waals surface area contributed by atoms with Gasteiger partial charge in [-0.1, -0.05) is 6.07 Å². The lowest BCUT2D eigenvalue weighted by molar-refractivity contribution is 0.0387. The number of aromatic amines is 1. The van der Waals surface area contributed by atoms with Crippen molar-refractivity contribution in [3.63, 3.8) is 0 Å². The van der Waals surface area contributed by atoms with Crippen LogP contribution in [0.15, 0.2) is 36.5 Å². The summed E-state index contributed by atoms with van der Waals surface area (Å²) in [7, 11) is 1.53. The number of H-pyrrole nitrogens is 1. The summed E-state index contributed by atoms with van der Waals surface area (Å²) in [4.78, 5) is 28.1. The molecule has 2 N–H and O–H groups in total. The van der Waals surface area contributed by atoms with Crippen LogP contribution in [-0.2, 0) is 9.47 Å². The predicted octanol–water partition coefficient (Wildman–Crippen LogP) is 3.18. The van der Waals surface area contributed by atoms with E-state index in [-0.39, 0.29) is 12.5 Å². The quantitative estimate of drug-likeness (QED) is 0.472. The number of ether oxygens (including phenoxy) is 2. The molecular weight excluding hydrogens is 372 g/mol. The Bertz CT molecular complexity index is 1040. The normalized spacial score (nSPS) is 10.8. The van der Waals surface area contributed by atoms with Gasteiger partial charge in [-0.25, -0.2) is 9.48 Å². The Balaban J connectivity index is 1.79. The fourth-order valence-corrected chi connectivity index (χ4v) is 3.12. The number of benzene rings is 1. The van der Waals surface area contributed by atoms with Crippen LogP contribution in [0.3, 0.4) is 0 Å². The van der Waals surface area contributed by atoms with E-state index in [1.54, 1.807) is 30.8 Å². The van der Waals surface area contributed by atoms with Crippen LogP contribution in [0.2, 0.25) is 0 Å². The van der Waals surface area contributed by atoms with Gasteiger partial charge in [0.15, 0.2) is 0 Å². The molecule has 3 aromatic rings. The number of anilines is 1. The number of rotatable bonds is 7. The molecule has 0 radical (unpaired) electrons. The van der Waals surface area contributed by atoms with Gasteiger partial charge < -0.3 is 19.8 Å². The molecule has 0 unspecified atom stereocenters. The van der Waals surface area contributed by atoms with E-state index in [0.717, 1.165) is 11.4 Å². The van der Waals surface area contributed by atoms with Gasteiger partial charge in [0, 0.05) is 30.4 Å². The van der Waals surface area contributed by atoms with E-state index in [1.807, 2.05) is 31.2 Å². The Kier molecular flexibility index (Phi) is 6.13. The van der Waals surface area contributed by atoms with Gasteiger partial charge in [0.05, 0.1) is 17.9 Å². The van der Waals surface area contributed by atoms with Crippen LogP contribution in [-0.4, -0.2) is 47.0 Å². The first-order valence-corrected chi connectivity index (χ1v) is 9.20. The third kappa shape index (κ3) is 4.38. The largest absolute Gasteiger partial charge is 0.460 e. The molecule has 0 saturated heterocycles. The maximum Gasteiger partial charge on any atom is 0.340 e. The highest BCUT2D eigenvalue weighted by molar-refractivity contribution is 6.06. The average molecular weight is 396 g/mol. The molecular formula is C21H24N4O4. The standard InChI is InChI=1S/C21H24N4O4/c1-13-8-9-22-25(13)17-7-5-6-16(12-17)24-20(26)19-14(2)18(15(3)23-19)21(27)29-11-10-28-4/h5-9,12,23H,10-11H2,1-4H3,(H,24,26). The zero-order valence-corrected chi connectivity index (χ0v) is 16.9. The van der Waals surface area contributed by atoms with Crippen LogP contribution in [0.4, 0.5) is 5.69 Å². The molecule has 8 nitrogen and oxygen atoms in total. The van der Waals surface area contributed by atoms with E-state index in [0.29, 0.717) is 34.8 Å². The molecule has 3 rings (SSSR count). The Morgan fingerprint density at radius 3 is 2.66 bits per heavy atom. The Morgan fingerprint density at radius 1 is 1.17 bits per heavy atom. The molecule has 8 heteroatoms. The molecule has 0 spiro atoms. The van der Waals surface area contributed by atoms with Crippen molar-refractivity contribution < 1.29 is 19.1 Å². The van der Waals surface area contributed by atoms with Crippen molar-refractivity contribution >= 4 is 17.6 Å². The zero-order valence-electron chi connectivity index (χ0n) is 16.9. The fourth-order valence-electron chi connectivity index (χ4n) is 3.12. The molecule has 0 aliphatic carbocycles. The lowest BCUT2D eigenvalue weighted by Crippen LogP contribution is -2.15. The maximum atomic E-state index is 12.8. The van der Waals surface area contributed by atoms with E-state index >= 15 is 0 Å². The van der Waals surface area contributed by atoms with Crippen LogP contribution in [0.1, 0.15) is 37.8 Å². The highest BCUT2D eigenvalue weighted by atomic mass is 16.6. The molecule has 0 aliphatic heterocycles. The molecule has 29 heavy (non-hydrogen) atoms. The minimum Gasteiger partial charge on any atom is -0.460 e. The van der Waals surface area contributed by atoms with Crippen molar-refractivity contribution in [3.8, 4) is 5.69 Å². The van der Waals surface area contributed by atoms with Crippen LogP contribution >= 0.6 is 0 Å². The molecule has 0 aliphatic rings. The number of aromatic nitrogens is 3. The summed E-state index contributed by atoms with van der Waals surface area (Å²) in [5.74, 6) is -0.820. The van der Waals surface area contributed by atoms with Crippen molar-refractivity contribution in [2.24, 2.45) is 0 Å². The molecule has 0 atom stereocenters.